The Morgan fingerprint density at radius 1 is 1.35 bits per heavy atom. The molecule has 2 aliphatic heterocycles. The molecule has 0 radical (unpaired) electrons. The van der Waals surface area contributed by atoms with Crippen LogP contribution in [0, 0.1) is 11.7 Å². The van der Waals surface area contributed by atoms with E-state index in [0.29, 0.717) is 18.5 Å². The number of carbonyl (C=O) groups is 1. The van der Waals surface area contributed by atoms with Crippen LogP contribution in [-0.4, -0.2) is 29.8 Å². The Morgan fingerprint density at radius 2 is 2.00 bits per heavy atom. The van der Waals surface area contributed by atoms with Crippen LogP contribution in [0.1, 0.15) is 31.2 Å². The van der Waals surface area contributed by atoms with E-state index in [2.05, 4.69) is 27.9 Å². The van der Waals surface area contributed by atoms with Crippen LogP contribution in [0.3, 0.4) is 0 Å². The van der Waals surface area contributed by atoms with Crippen LogP contribution in [0.25, 0.3) is 0 Å². The lowest BCUT2D eigenvalue weighted by Gasteiger charge is -2.35. The van der Waals surface area contributed by atoms with E-state index in [4.69, 9.17) is 0 Å². The number of hydrogen-bond donors (Lipinski definition) is 0. The SMILES string of the molecule is CN1C2CCC1CC(C(=O)Cc1cc(F)ccc1Br)C2. The molecule has 2 fully saturated rings. The summed E-state index contributed by atoms with van der Waals surface area (Å²) in [7, 11) is 2.17. The highest BCUT2D eigenvalue weighted by molar-refractivity contribution is 9.10. The summed E-state index contributed by atoms with van der Waals surface area (Å²) in [4.78, 5) is 14.9. The highest BCUT2D eigenvalue weighted by atomic mass is 79.9. The quantitative estimate of drug-likeness (QED) is 0.838. The van der Waals surface area contributed by atoms with Gasteiger partial charge in [0.25, 0.3) is 0 Å². The first-order chi connectivity index (χ1) is 9.54. The molecule has 2 unspecified atom stereocenters. The summed E-state index contributed by atoms with van der Waals surface area (Å²) < 4.78 is 14.1. The first-order valence-electron chi connectivity index (χ1n) is 7.23. The molecule has 20 heavy (non-hydrogen) atoms. The Balaban J connectivity index is 1.69. The van der Waals surface area contributed by atoms with Gasteiger partial charge >= 0.3 is 0 Å². The summed E-state index contributed by atoms with van der Waals surface area (Å²) in [5, 5.41) is 0. The van der Waals surface area contributed by atoms with Crippen molar-refractivity contribution < 1.29 is 9.18 Å². The van der Waals surface area contributed by atoms with Gasteiger partial charge in [-0.3, -0.25) is 4.79 Å². The summed E-state index contributed by atoms with van der Waals surface area (Å²) in [5.41, 5.74) is 0.765. The monoisotopic (exact) mass is 339 g/mol. The van der Waals surface area contributed by atoms with Gasteiger partial charge in [-0.25, -0.2) is 4.39 Å². The van der Waals surface area contributed by atoms with Gasteiger partial charge in [-0.1, -0.05) is 15.9 Å². The van der Waals surface area contributed by atoms with Crippen molar-refractivity contribution in [2.45, 2.75) is 44.2 Å². The van der Waals surface area contributed by atoms with Crippen molar-refractivity contribution in [2.75, 3.05) is 7.05 Å². The molecule has 3 rings (SSSR count). The van der Waals surface area contributed by atoms with E-state index < -0.39 is 0 Å². The second-order valence-corrected chi connectivity index (χ2v) is 6.95. The summed E-state index contributed by atoms with van der Waals surface area (Å²) in [6.07, 6.45) is 4.72. The predicted octanol–water partition coefficient (Wildman–Crippen LogP) is 3.57. The van der Waals surface area contributed by atoms with Gasteiger partial charge in [-0.15, -0.1) is 0 Å². The summed E-state index contributed by atoms with van der Waals surface area (Å²) in [5.74, 6) is 0.139. The number of benzene rings is 1. The fourth-order valence-electron chi connectivity index (χ4n) is 3.69. The fourth-order valence-corrected chi connectivity index (χ4v) is 4.07. The maximum Gasteiger partial charge on any atom is 0.140 e. The minimum atomic E-state index is -0.278. The number of nitrogens with zero attached hydrogens (tertiary/aromatic N) is 1. The molecule has 2 heterocycles. The Bertz CT molecular complexity index is 519. The number of halogens is 2. The molecule has 0 saturated carbocycles. The maximum absolute atomic E-state index is 13.3. The Labute approximate surface area is 127 Å². The third-order valence-electron chi connectivity index (χ3n) is 4.93. The lowest BCUT2D eigenvalue weighted by molar-refractivity contribution is -0.124. The van der Waals surface area contributed by atoms with Crippen LogP contribution in [-0.2, 0) is 11.2 Å². The molecule has 2 nitrogen and oxygen atoms in total. The van der Waals surface area contributed by atoms with Gasteiger partial charge in [0.2, 0.25) is 0 Å². The second kappa shape index (κ2) is 5.57. The molecule has 0 aromatic heterocycles. The highest BCUT2D eigenvalue weighted by Gasteiger charge is 2.40. The fraction of sp³-hybridized carbons (Fsp3) is 0.562. The maximum atomic E-state index is 13.3. The molecule has 4 heteroatoms. The van der Waals surface area contributed by atoms with Gasteiger partial charge in [0.15, 0.2) is 0 Å². The van der Waals surface area contributed by atoms with Crippen LogP contribution in [0.4, 0.5) is 4.39 Å². The minimum Gasteiger partial charge on any atom is -0.300 e. The minimum absolute atomic E-state index is 0.152. The molecule has 108 valence electrons. The number of hydrogen-bond acceptors (Lipinski definition) is 2. The first kappa shape index (κ1) is 14.2. The first-order valence-corrected chi connectivity index (χ1v) is 8.02. The zero-order chi connectivity index (χ0) is 14.3. The summed E-state index contributed by atoms with van der Waals surface area (Å²) in [6.45, 7) is 0. The van der Waals surface area contributed by atoms with Crippen molar-refractivity contribution in [3.05, 3.63) is 34.1 Å². The molecule has 1 aromatic carbocycles. The van der Waals surface area contributed by atoms with E-state index in [1.807, 2.05) is 0 Å². The van der Waals surface area contributed by atoms with Gasteiger partial charge in [-0.05, 0) is 56.5 Å². The Morgan fingerprint density at radius 3 is 2.65 bits per heavy atom. The van der Waals surface area contributed by atoms with E-state index >= 15 is 0 Å². The van der Waals surface area contributed by atoms with Gasteiger partial charge in [0, 0.05) is 28.9 Å². The average Bonchev–Trinajstić information content (AvgIpc) is 2.65. The number of fused-ring (bicyclic) bond motifs is 2. The molecule has 2 aliphatic rings. The molecule has 0 aliphatic carbocycles. The number of ketones is 1. The lowest BCUT2D eigenvalue weighted by atomic mass is 9.85. The molecule has 2 bridgehead atoms. The van der Waals surface area contributed by atoms with E-state index in [1.54, 1.807) is 6.07 Å². The topological polar surface area (TPSA) is 20.3 Å². The van der Waals surface area contributed by atoms with Crippen LogP contribution in [0.2, 0.25) is 0 Å². The molecule has 1 aromatic rings. The van der Waals surface area contributed by atoms with Crippen LogP contribution in [0.15, 0.2) is 22.7 Å². The van der Waals surface area contributed by atoms with Gasteiger partial charge in [-0.2, -0.15) is 0 Å². The second-order valence-electron chi connectivity index (χ2n) is 6.10. The van der Waals surface area contributed by atoms with Gasteiger partial charge in [0.1, 0.15) is 11.6 Å². The van der Waals surface area contributed by atoms with Crippen molar-refractivity contribution >= 4 is 21.7 Å². The standard InChI is InChI=1S/C16H19BrFNO/c1-19-13-3-4-14(19)8-11(7-13)16(20)9-10-6-12(18)2-5-15(10)17/h2,5-6,11,13-14H,3-4,7-9H2,1H3. The average molecular weight is 340 g/mol. The lowest BCUT2D eigenvalue weighted by Crippen LogP contribution is -2.42. The smallest absolute Gasteiger partial charge is 0.140 e. The molecule has 0 N–H and O–H groups in total. The molecule has 2 saturated heterocycles. The Hall–Kier alpha value is -0.740. The molecular formula is C16H19BrFNO. The van der Waals surface area contributed by atoms with Crippen molar-refractivity contribution in [2.24, 2.45) is 5.92 Å². The van der Waals surface area contributed by atoms with Crippen molar-refractivity contribution in [3.63, 3.8) is 0 Å². The zero-order valence-corrected chi connectivity index (χ0v) is 13.2. The normalized spacial score (nSPS) is 29.6. The van der Waals surface area contributed by atoms with E-state index in [0.717, 1.165) is 22.9 Å². The number of piperidine rings is 1. The molecule has 2 atom stereocenters. The summed E-state index contributed by atoms with van der Waals surface area (Å²) in [6, 6.07) is 5.69. The van der Waals surface area contributed by atoms with Crippen LogP contribution in [0.5, 0.6) is 0 Å². The number of Topliss-reactive ketones (excluding diaryl/α,β-unsaturated/α-hetero) is 1. The van der Waals surface area contributed by atoms with Crippen molar-refractivity contribution in [1.29, 1.82) is 0 Å². The number of rotatable bonds is 3. The largest absolute Gasteiger partial charge is 0.300 e. The highest BCUT2D eigenvalue weighted by Crippen LogP contribution is 2.38. The number of carbonyl (C=O) groups excluding carboxylic acids is 1. The molecular weight excluding hydrogens is 321 g/mol. The summed E-state index contributed by atoms with van der Waals surface area (Å²) >= 11 is 3.40. The van der Waals surface area contributed by atoms with E-state index in [-0.39, 0.29) is 17.5 Å². The van der Waals surface area contributed by atoms with E-state index in [1.165, 1.54) is 25.0 Å². The Kier molecular flexibility index (Phi) is 3.95. The van der Waals surface area contributed by atoms with Crippen LogP contribution >= 0.6 is 15.9 Å². The zero-order valence-electron chi connectivity index (χ0n) is 11.6. The van der Waals surface area contributed by atoms with Crippen molar-refractivity contribution in [3.8, 4) is 0 Å². The van der Waals surface area contributed by atoms with Crippen molar-refractivity contribution in [1.82, 2.24) is 4.90 Å². The van der Waals surface area contributed by atoms with Crippen LogP contribution < -0.4 is 0 Å². The third-order valence-corrected chi connectivity index (χ3v) is 5.70. The molecule has 0 spiro atoms. The van der Waals surface area contributed by atoms with Gasteiger partial charge < -0.3 is 4.90 Å². The van der Waals surface area contributed by atoms with Gasteiger partial charge in [0.05, 0.1) is 0 Å². The predicted molar refractivity (Wildman–Crippen MR) is 80.1 cm³/mol. The third kappa shape index (κ3) is 2.68. The van der Waals surface area contributed by atoms with E-state index in [9.17, 15) is 9.18 Å². The molecule has 0 amide bonds.